The molecule has 6 nitrogen and oxygen atoms in total. The van der Waals surface area contributed by atoms with E-state index in [1.54, 1.807) is 24.3 Å². The van der Waals surface area contributed by atoms with E-state index < -0.39 is 23.9 Å². The third-order valence-electron chi connectivity index (χ3n) is 2.33. The lowest BCUT2D eigenvalue weighted by Gasteiger charge is -2.12. The number of primary amides is 1. The van der Waals surface area contributed by atoms with Crippen molar-refractivity contribution in [1.29, 1.82) is 0 Å². The lowest BCUT2D eigenvalue weighted by molar-refractivity contribution is -0.150. The van der Waals surface area contributed by atoms with Crippen LogP contribution in [0.15, 0.2) is 36.0 Å². The minimum absolute atomic E-state index is 0.0585. The van der Waals surface area contributed by atoms with Gasteiger partial charge in [0.15, 0.2) is 6.10 Å². The summed E-state index contributed by atoms with van der Waals surface area (Å²) >= 11 is 0. The summed E-state index contributed by atoms with van der Waals surface area (Å²) in [4.78, 5) is 33.9. The van der Waals surface area contributed by atoms with E-state index in [4.69, 9.17) is 10.5 Å². The van der Waals surface area contributed by atoms with Crippen LogP contribution in [0.2, 0.25) is 0 Å². The second kappa shape index (κ2) is 7.08. The molecule has 0 unspecified atom stereocenters. The Hall–Kier alpha value is -2.63. The topological polar surface area (TPSA) is 98.5 Å². The average molecular weight is 276 g/mol. The van der Waals surface area contributed by atoms with E-state index in [2.05, 4.69) is 5.32 Å². The van der Waals surface area contributed by atoms with E-state index in [-0.39, 0.29) is 5.70 Å². The molecule has 0 fully saturated rings. The SMILES string of the molecule is CC(=O)N/C(=C\c1ccccc1)C(=O)O[C@H](C)C(N)=O. The van der Waals surface area contributed by atoms with Crippen LogP contribution in [0.5, 0.6) is 0 Å². The fourth-order valence-corrected chi connectivity index (χ4v) is 1.33. The van der Waals surface area contributed by atoms with Gasteiger partial charge < -0.3 is 15.8 Å². The second-order valence-corrected chi connectivity index (χ2v) is 4.10. The maximum Gasteiger partial charge on any atom is 0.355 e. The Labute approximate surface area is 116 Å². The first-order valence-electron chi connectivity index (χ1n) is 5.94. The standard InChI is InChI=1S/C14H16N2O4/c1-9(13(15)18)20-14(19)12(16-10(2)17)8-11-6-4-3-5-7-11/h3-9H,1-2H3,(H2,15,18)(H,16,17)/b12-8-/t9-/m1/s1. The molecule has 1 rings (SSSR count). The van der Waals surface area contributed by atoms with Crippen molar-refractivity contribution < 1.29 is 19.1 Å². The molecule has 0 saturated heterocycles. The van der Waals surface area contributed by atoms with Crippen LogP contribution in [0.3, 0.4) is 0 Å². The average Bonchev–Trinajstić information content (AvgIpc) is 2.38. The number of hydrogen-bond acceptors (Lipinski definition) is 4. The Balaban J connectivity index is 2.95. The van der Waals surface area contributed by atoms with Gasteiger partial charge in [-0.15, -0.1) is 0 Å². The Bertz CT molecular complexity index is 537. The van der Waals surface area contributed by atoms with Gasteiger partial charge in [0, 0.05) is 6.92 Å². The van der Waals surface area contributed by atoms with E-state index >= 15 is 0 Å². The summed E-state index contributed by atoms with van der Waals surface area (Å²) in [6.45, 7) is 2.62. The Morgan fingerprint density at radius 3 is 2.35 bits per heavy atom. The van der Waals surface area contributed by atoms with Crippen LogP contribution in [0.1, 0.15) is 19.4 Å². The third kappa shape index (κ3) is 4.93. The van der Waals surface area contributed by atoms with Crippen LogP contribution in [0.25, 0.3) is 6.08 Å². The number of benzene rings is 1. The van der Waals surface area contributed by atoms with Gasteiger partial charge in [-0.1, -0.05) is 30.3 Å². The molecule has 0 saturated carbocycles. The minimum atomic E-state index is -1.07. The lowest BCUT2D eigenvalue weighted by atomic mass is 10.2. The van der Waals surface area contributed by atoms with E-state index in [0.29, 0.717) is 5.56 Å². The van der Waals surface area contributed by atoms with Crippen LogP contribution in [0, 0.1) is 0 Å². The fourth-order valence-electron chi connectivity index (χ4n) is 1.33. The van der Waals surface area contributed by atoms with E-state index in [0.717, 1.165) is 0 Å². The van der Waals surface area contributed by atoms with Crippen molar-refractivity contribution in [3.05, 3.63) is 41.6 Å². The van der Waals surface area contributed by atoms with E-state index in [1.807, 2.05) is 6.07 Å². The molecule has 0 aromatic heterocycles. The predicted molar refractivity (Wildman–Crippen MR) is 73.0 cm³/mol. The van der Waals surface area contributed by atoms with Crippen molar-refractivity contribution in [2.75, 3.05) is 0 Å². The minimum Gasteiger partial charge on any atom is -0.448 e. The molecule has 0 bridgehead atoms. The summed E-state index contributed by atoms with van der Waals surface area (Å²) < 4.78 is 4.85. The van der Waals surface area contributed by atoms with Crippen LogP contribution in [0.4, 0.5) is 0 Å². The van der Waals surface area contributed by atoms with Crippen LogP contribution in [-0.4, -0.2) is 23.9 Å². The van der Waals surface area contributed by atoms with Gasteiger partial charge in [-0.2, -0.15) is 0 Å². The van der Waals surface area contributed by atoms with Crippen LogP contribution >= 0.6 is 0 Å². The molecule has 0 aliphatic heterocycles. The zero-order valence-electron chi connectivity index (χ0n) is 11.3. The van der Waals surface area contributed by atoms with Crippen molar-refractivity contribution in [1.82, 2.24) is 5.32 Å². The first kappa shape index (κ1) is 15.4. The predicted octanol–water partition coefficient (Wildman–Crippen LogP) is 0.581. The van der Waals surface area contributed by atoms with Gasteiger partial charge in [0.05, 0.1) is 0 Å². The number of esters is 1. The molecule has 106 valence electrons. The Morgan fingerprint density at radius 1 is 1.25 bits per heavy atom. The monoisotopic (exact) mass is 276 g/mol. The smallest absolute Gasteiger partial charge is 0.355 e. The molecule has 1 aromatic carbocycles. The number of rotatable bonds is 5. The lowest BCUT2D eigenvalue weighted by Crippen LogP contribution is -2.34. The maximum absolute atomic E-state index is 11.9. The summed E-state index contributed by atoms with van der Waals surface area (Å²) in [6, 6.07) is 8.91. The number of carbonyl (C=O) groups is 3. The second-order valence-electron chi connectivity index (χ2n) is 4.10. The quantitative estimate of drug-likeness (QED) is 0.607. The molecule has 6 heteroatoms. The molecule has 0 radical (unpaired) electrons. The van der Waals surface area contributed by atoms with E-state index in [1.165, 1.54) is 19.9 Å². The van der Waals surface area contributed by atoms with Gasteiger partial charge >= 0.3 is 5.97 Å². The molecule has 1 atom stereocenters. The van der Waals surface area contributed by atoms with Crippen molar-refractivity contribution in [3.63, 3.8) is 0 Å². The summed E-state index contributed by atoms with van der Waals surface area (Å²) in [5, 5.41) is 2.37. The van der Waals surface area contributed by atoms with Crippen molar-refractivity contribution in [3.8, 4) is 0 Å². The van der Waals surface area contributed by atoms with Crippen molar-refractivity contribution >= 4 is 23.9 Å². The molecular formula is C14H16N2O4. The molecule has 1 aromatic rings. The first-order chi connectivity index (χ1) is 9.40. The summed E-state index contributed by atoms with van der Waals surface area (Å²) in [5.74, 6) is -2.01. The largest absolute Gasteiger partial charge is 0.448 e. The summed E-state index contributed by atoms with van der Waals surface area (Å²) in [5.41, 5.74) is 5.67. The Kier molecular flexibility index (Phi) is 5.46. The normalized spacial score (nSPS) is 12.4. The van der Waals surface area contributed by atoms with Crippen LogP contribution in [-0.2, 0) is 19.1 Å². The van der Waals surface area contributed by atoms with Gasteiger partial charge in [0.25, 0.3) is 5.91 Å². The van der Waals surface area contributed by atoms with Gasteiger partial charge in [-0.05, 0) is 18.6 Å². The van der Waals surface area contributed by atoms with Gasteiger partial charge in [-0.3, -0.25) is 9.59 Å². The highest BCUT2D eigenvalue weighted by atomic mass is 16.5. The fraction of sp³-hybridized carbons (Fsp3) is 0.214. The zero-order valence-corrected chi connectivity index (χ0v) is 11.3. The third-order valence-corrected chi connectivity index (χ3v) is 2.33. The molecule has 20 heavy (non-hydrogen) atoms. The van der Waals surface area contributed by atoms with Gasteiger partial charge in [0.2, 0.25) is 5.91 Å². The number of amides is 2. The first-order valence-corrected chi connectivity index (χ1v) is 5.94. The molecular weight excluding hydrogens is 260 g/mol. The molecule has 0 aliphatic rings. The highest BCUT2D eigenvalue weighted by Gasteiger charge is 2.19. The number of carbonyl (C=O) groups excluding carboxylic acids is 3. The summed E-state index contributed by atoms with van der Waals surface area (Å²) in [6.07, 6.45) is 0.382. The number of hydrogen-bond donors (Lipinski definition) is 2. The van der Waals surface area contributed by atoms with Crippen molar-refractivity contribution in [2.24, 2.45) is 5.73 Å². The molecule has 0 heterocycles. The van der Waals surface area contributed by atoms with Crippen LogP contribution < -0.4 is 11.1 Å². The summed E-state index contributed by atoms with van der Waals surface area (Å²) in [7, 11) is 0. The zero-order chi connectivity index (χ0) is 15.1. The van der Waals surface area contributed by atoms with Gasteiger partial charge in [0.1, 0.15) is 5.70 Å². The number of ether oxygens (including phenoxy) is 1. The molecule has 0 spiro atoms. The molecule has 0 aliphatic carbocycles. The Morgan fingerprint density at radius 2 is 1.85 bits per heavy atom. The van der Waals surface area contributed by atoms with Crippen molar-refractivity contribution in [2.45, 2.75) is 20.0 Å². The van der Waals surface area contributed by atoms with Gasteiger partial charge in [-0.25, -0.2) is 4.79 Å². The maximum atomic E-state index is 11.9. The van der Waals surface area contributed by atoms with E-state index in [9.17, 15) is 14.4 Å². The molecule has 3 N–H and O–H groups in total. The highest BCUT2D eigenvalue weighted by molar-refractivity contribution is 5.98. The number of nitrogens with one attached hydrogen (secondary N) is 1. The molecule has 2 amide bonds. The number of nitrogens with two attached hydrogens (primary N) is 1. The highest BCUT2D eigenvalue weighted by Crippen LogP contribution is 2.07.